The van der Waals surface area contributed by atoms with Crippen molar-refractivity contribution in [2.75, 3.05) is 0 Å². The zero-order valence-electron chi connectivity index (χ0n) is 10.6. The van der Waals surface area contributed by atoms with Crippen molar-refractivity contribution in [2.45, 2.75) is 17.6 Å². The van der Waals surface area contributed by atoms with E-state index in [0.29, 0.717) is 4.90 Å². The Morgan fingerprint density at radius 2 is 2.00 bits per heavy atom. The zero-order valence-corrected chi connectivity index (χ0v) is 11.4. The maximum atomic E-state index is 13.7. The molecule has 0 radical (unpaired) electrons. The Kier molecular flexibility index (Phi) is 4.22. The van der Waals surface area contributed by atoms with Crippen LogP contribution in [-0.4, -0.2) is 5.84 Å². The highest BCUT2D eigenvalue weighted by atomic mass is 32.2. The zero-order chi connectivity index (χ0) is 13.8. The van der Waals surface area contributed by atoms with E-state index in [1.54, 1.807) is 12.1 Å². The minimum absolute atomic E-state index is 0.195. The van der Waals surface area contributed by atoms with E-state index in [1.807, 2.05) is 25.1 Å². The Morgan fingerprint density at radius 3 is 2.68 bits per heavy atom. The molecule has 0 fully saturated rings. The van der Waals surface area contributed by atoms with Crippen LogP contribution in [0.15, 0.2) is 47.4 Å². The van der Waals surface area contributed by atoms with Crippen LogP contribution in [0.4, 0.5) is 4.39 Å². The molecule has 0 bridgehead atoms. The summed E-state index contributed by atoms with van der Waals surface area (Å²) >= 11 is 1.49. The summed E-state index contributed by atoms with van der Waals surface area (Å²) in [4.78, 5) is 0.703. The van der Waals surface area contributed by atoms with Crippen molar-refractivity contribution in [1.82, 2.24) is 0 Å². The maximum Gasteiger partial charge on any atom is 0.135 e. The van der Waals surface area contributed by atoms with Gasteiger partial charge in [0.15, 0.2) is 0 Å². The summed E-state index contributed by atoms with van der Waals surface area (Å²) in [6.45, 7) is 2.04. The lowest BCUT2D eigenvalue weighted by molar-refractivity contribution is 0.621. The number of hydrogen-bond acceptors (Lipinski definition) is 2. The molecule has 0 aromatic heterocycles. The molecule has 98 valence electrons. The Balaban J connectivity index is 2.20. The summed E-state index contributed by atoms with van der Waals surface area (Å²) in [6, 6.07) is 12.9. The monoisotopic (exact) mass is 274 g/mol. The molecule has 0 unspecified atom stereocenters. The van der Waals surface area contributed by atoms with Gasteiger partial charge in [0, 0.05) is 10.6 Å². The first-order chi connectivity index (χ1) is 9.08. The number of rotatable bonds is 4. The third-order valence-electron chi connectivity index (χ3n) is 2.72. The van der Waals surface area contributed by atoms with Crippen LogP contribution >= 0.6 is 11.8 Å². The van der Waals surface area contributed by atoms with Gasteiger partial charge in [0.25, 0.3) is 0 Å². The fraction of sp³-hybridized carbons (Fsp3) is 0.133. The van der Waals surface area contributed by atoms with Crippen LogP contribution in [0.25, 0.3) is 0 Å². The van der Waals surface area contributed by atoms with E-state index >= 15 is 0 Å². The molecule has 0 aliphatic rings. The molecule has 2 nitrogen and oxygen atoms in total. The minimum Gasteiger partial charge on any atom is -0.384 e. The first-order valence-electron chi connectivity index (χ1n) is 5.89. The van der Waals surface area contributed by atoms with Gasteiger partial charge in [-0.3, -0.25) is 5.41 Å². The Bertz CT molecular complexity index is 611. The standard InChI is InChI=1S/C15H15FN2S/c1-10-4-2-5-11(8-10)9-19-13-7-3-6-12(16)14(13)15(17)18/h2-8H,9H2,1H3,(H3,17,18). The Hall–Kier alpha value is -1.81. The number of hydrogen-bond donors (Lipinski definition) is 2. The van der Waals surface area contributed by atoms with Crippen LogP contribution < -0.4 is 5.73 Å². The molecule has 0 amide bonds. The molecule has 2 rings (SSSR count). The first-order valence-corrected chi connectivity index (χ1v) is 6.87. The molecule has 19 heavy (non-hydrogen) atoms. The number of thioether (sulfide) groups is 1. The first kappa shape index (κ1) is 13.6. The van der Waals surface area contributed by atoms with Gasteiger partial charge >= 0.3 is 0 Å². The van der Waals surface area contributed by atoms with Gasteiger partial charge in [0.1, 0.15) is 11.7 Å². The summed E-state index contributed by atoms with van der Waals surface area (Å²) in [5.41, 5.74) is 8.00. The second kappa shape index (κ2) is 5.89. The predicted molar refractivity (Wildman–Crippen MR) is 78.2 cm³/mol. The van der Waals surface area contributed by atoms with Crippen molar-refractivity contribution < 1.29 is 4.39 Å². The largest absolute Gasteiger partial charge is 0.384 e. The van der Waals surface area contributed by atoms with Gasteiger partial charge < -0.3 is 5.73 Å². The van der Waals surface area contributed by atoms with E-state index in [0.717, 1.165) is 5.75 Å². The highest BCUT2D eigenvalue weighted by molar-refractivity contribution is 7.98. The normalized spacial score (nSPS) is 10.4. The highest BCUT2D eigenvalue weighted by Crippen LogP contribution is 2.27. The number of halogens is 1. The second-order valence-corrected chi connectivity index (χ2v) is 5.32. The van der Waals surface area contributed by atoms with Crippen molar-refractivity contribution in [1.29, 1.82) is 5.41 Å². The molecule has 4 heteroatoms. The second-order valence-electron chi connectivity index (χ2n) is 4.30. The fourth-order valence-electron chi connectivity index (χ4n) is 1.85. The molecule has 0 spiro atoms. The molecule has 0 saturated carbocycles. The molecule has 0 atom stereocenters. The lowest BCUT2D eigenvalue weighted by Crippen LogP contribution is -2.14. The van der Waals surface area contributed by atoms with Gasteiger partial charge in [0.05, 0.1) is 5.56 Å². The molecular weight excluding hydrogens is 259 g/mol. The number of benzene rings is 2. The molecule has 2 aromatic carbocycles. The maximum absolute atomic E-state index is 13.7. The van der Waals surface area contributed by atoms with E-state index in [1.165, 1.54) is 29.0 Å². The number of aryl methyl sites for hydroxylation is 1. The van der Waals surface area contributed by atoms with Crippen LogP contribution in [0, 0.1) is 18.2 Å². The number of nitrogen functional groups attached to an aromatic ring is 1. The number of nitrogens with two attached hydrogens (primary N) is 1. The van der Waals surface area contributed by atoms with E-state index in [2.05, 4.69) is 6.07 Å². The van der Waals surface area contributed by atoms with Gasteiger partial charge in [-0.1, -0.05) is 35.9 Å². The Morgan fingerprint density at radius 1 is 1.26 bits per heavy atom. The fourth-order valence-corrected chi connectivity index (χ4v) is 2.88. The van der Waals surface area contributed by atoms with E-state index < -0.39 is 5.82 Å². The Labute approximate surface area is 116 Å². The van der Waals surface area contributed by atoms with E-state index in [-0.39, 0.29) is 11.4 Å². The summed E-state index contributed by atoms with van der Waals surface area (Å²) in [5.74, 6) is 0.0531. The van der Waals surface area contributed by atoms with Gasteiger partial charge in [0.2, 0.25) is 0 Å². The molecule has 3 N–H and O–H groups in total. The summed E-state index contributed by atoms with van der Waals surface area (Å²) in [6.07, 6.45) is 0. The molecule has 0 aliphatic heterocycles. The molecule has 2 aromatic rings. The number of amidine groups is 1. The van der Waals surface area contributed by atoms with Crippen molar-refractivity contribution >= 4 is 17.6 Å². The van der Waals surface area contributed by atoms with Crippen molar-refractivity contribution in [3.63, 3.8) is 0 Å². The van der Waals surface area contributed by atoms with Crippen LogP contribution in [0.1, 0.15) is 16.7 Å². The highest BCUT2D eigenvalue weighted by Gasteiger charge is 2.11. The quantitative estimate of drug-likeness (QED) is 0.507. The molecular formula is C15H15FN2S. The predicted octanol–water partition coefficient (Wildman–Crippen LogP) is 3.71. The van der Waals surface area contributed by atoms with Crippen molar-refractivity contribution in [3.05, 3.63) is 65.0 Å². The van der Waals surface area contributed by atoms with Crippen LogP contribution in [-0.2, 0) is 5.75 Å². The SMILES string of the molecule is Cc1cccc(CSc2cccc(F)c2C(=N)N)c1. The summed E-state index contributed by atoms with van der Waals surface area (Å²) in [7, 11) is 0. The summed E-state index contributed by atoms with van der Waals surface area (Å²) in [5, 5.41) is 7.46. The van der Waals surface area contributed by atoms with Crippen molar-refractivity contribution in [2.24, 2.45) is 5.73 Å². The topological polar surface area (TPSA) is 49.9 Å². The number of nitrogens with one attached hydrogen (secondary N) is 1. The lowest BCUT2D eigenvalue weighted by atomic mass is 10.2. The van der Waals surface area contributed by atoms with Crippen LogP contribution in [0.3, 0.4) is 0 Å². The third-order valence-corrected chi connectivity index (χ3v) is 3.85. The molecule has 0 aliphatic carbocycles. The van der Waals surface area contributed by atoms with Gasteiger partial charge in [-0.05, 0) is 24.6 Å². The lowest BCUT2D eigenvalue weighted by Gasteiger charge is -2.09. The third kappa shape index (κ3) is 3.35. The van der Waals surface area contributed by atoms with Gasteiger partial charge in [-0.15, -0.1) is 11.8 Å². The average Bonchev–Trinajstić information content (AvgIpc) is 2.36. The van der Waals surface area contributed by atoms with E-state index in [4.69, 9.17) is 11.1 Å². The smallest absolute Gasteiger partial charge is 0.135 e. The van der Waals surface area contributed by atoms with E-state index in [9.17, 15) is 4.39 Å². The van der Waals surface area contributed by atoms with Crippen LogP contribution in [0.5, 0.6) is 0 Å². The van der Waals surface area contributed by atoms with Crippen LogP contribution in [0.2, 0.25) is 0 Å². The molecule has 0 heterocycles. The van der Waals surface area contributed by atoms with Crippen molar-refractivity contribution in [3.8, 4) is 0 Å². The molecule has 0 saturated heterocycles. The average molecular weight is 274 g/mol. The van der Waals surface area contributed by atoms with Gasteiger partial charge in [-0.2, -0.15) is 0 Å². The minimum atomic E-state index is -0.443. The van der Waals surface area contributed by atoms with Gasteiger partial charge in [-0.25, -0.2) is 4.39 Å². The summed E-state index contributed by atoms with van der Waals surface area (Å²) < 4.78 is 13.7.